The van der Waals surface area contributed by atoms with Gasteiger partial charge in [0.2, 0.25) is 0 Å². The lowest BCUT2D eigenvalue weighted by Gasteiger charge is -2.40. The van der Waals surface area contributed by atoms with Gasteiger partial charge >= 0.3 is 0 Å². The summed E-state index contributed by atoms with van der Waals surface area (Å²) in [7, 11) is 1.62. The molecule has 1 N–H and O–H groups in total. The Morgan fingerprint density at radius 2 is 1.97 bits per heavy atom. The number of nitrogens with one attached hydrogen (secondary N) is 1. The molecule has 2 aromatic rings. The fraction of sp³-hybridized carbons (Fsp3) is 0.360. The van der Waals surface area contributed by atoms with E-state index >= 15 is 0 Å². The molecule has 170 valence electrons. The lowest BCUT2D eigenvalue weighted by Crippen LogP contribution is -2.56. The molecule has 1 saturated heterocycles. The van der Waals surface area contributed by atoms with Crippen molar-refractivity contribution >= 4 is 22.9 Å². The average Bonchev–Trinajstić information content (AvgIpc) is 2.78. The first-order valence-corrected chi connectivity index (χ1v) is 10.7. The van der Waals surface area contributed by atoms with Gasteiger partial charge in [0, 0.05) is 29.4 Å². The maximum absolute atomic E-state index is 13.2. The fourth-order valence-corrected chi connectivity index (χ4v) is 3.53. The van der Waals surface area contributed by atoms with Crippen molar-refractivity contribution in [3.63, 3.8) is 0 Å². The van der Waals surface area contributed by atoms with Crippen LogP contribution in [0.1, 0.15) is 43.4 Å². The van der Waals surface area contributed by atoms with Crippen LogP contribution in [0.2, 0.25) is 0 Å². The van der Waals surface area contributed by atoms with Crippen molar-refractivity contribution in [2.75, 3.05) is 25.0 Å². The van der Waals surface area contributed by atoms with E-state index in [9.17, 15) is 13.6 Å². The Kier molecular flexibility index (Phi) is 7.62. The monoisotopic (exact) mass is 441 g/mol. The summed E-state index contributed by atoms with van der Waals surface area (Å²) >= 11 is 0. The SMILES string of the molecule is CCC/C=C(\C(=O)NC)c1ccccc1CO/N=C(\C)c1cccc(N2CC(F)(F)C2)c1. The highest BCUT2D eigenvalue weighted by Gasteiger charge is 2.43. The van der Waals surface area contributed by atoms with Gasteiger partial charge in [-0.15, -0.1) is 0 Å². The van der Waals surface area contributed by atoms with Gasteiger partial charge in [0.25, 0.3) is 11.8 Å². The van der Waals surface area contributed by atoms with Crippen LogP contribution in [-0.4, -0.2) is 37.7 Å². The number of hydrogen-bond acceptors (Lipinski definition) is 4. The Hall–Kier alpha value is -3.22. The third-order valence-corrected chi connectivity index (χ3v) is 5.31. The summed E-state index contributed by atoms with van der Waals surface area (Å²) in [6.45, 7) is 3.55. The molecule has 0 spiro atoms. The molecule has 32 heavy (non-hydrogen) atoms. The van der Waals surface area contributed by atoms with Crippen LogP contribution in [0.15, 0.2) is 59.8 Å². The lowest BCUT2D eigenvalue weighted by atomic mass is 9.98. The molecule has 0 bridgehead atoms. The van der Waals surface area contributed by atoms with Gasteiger partial charge in [0.15, 0.2) is 0 Å². The minimum absolute atomic E-state index is 0.140. The smallest absolute Gasteiger partial charge is 0.282 e. The van der Waals surface area contributed by atoms with Gasteiger partial charge in [-0.05, 0) is 31.0 Å². The molecule has 1 aliphatic heterocycles. The van der Waals surface area contributed by atoms with E-state index in [1.54, 1.807) is 11.9 Å². The first kappa shape index (κ1) is 23.4. The molecule has 2 aromatic carbocycles. The number of carbonyl (C=O) groups is 1. The second-order valence-electron chi connectivity index (χ2n) is 7.86. The van der Waals surface area contributed by atoms with Crippen LogP contribution < -0.4 is 10.2 Å². The molecule has 3 rings (SSSR count). The van der Waals surface area contributed by atoms with E-state index in [1.165, 1.54) is 0 Å². The van der Waals surface area contributed by atoms with Crippen LogP contribution in [0.5, 0.6) is 0 Å². The second kappa shape index (κ2) is 10.4. The third-order valence-electron chi connectivity index (χ3n) is 5.31. The number of oxime groups is 1. The van der Waals surface area contributed by atoms with Gasteiger partial charge in [-0.25, -0.2) is 8.78 Å². The third kappa shape index (κ3) is 5.72. The molecule has 0 aromatic heterocycles. The van der Waals surface area contributed by atoms with Gasteiger partial charge in [0.1, 0.15) is 6.61 Å². The van der Waals surface area contributed by atoms with Crippen molar-refractivity contribution < 1.29 is 18.4 Å². The van der Waals surface area contributed by atoms with E-state index in [0.29, 0.717) is 11.3 Å². The fourth-order valence-electron chi connectivity index (χ4n) is 3.53. The molecule has 1 aliphatic rings. The molecule has 1 fully saturated rings. The van der Waals surface area contributed by atoms with Crippen LogP contribution in [0, 0.1) is 0 Å². The number of hydrogen-bond donors (Lipinski definition) is 1. The number of alkyl halides is 2. The van der Waals surface area contributed by atoms with E-state index in [1.807, 2.05) is 61.5 Å². The zero-order valence-corrected chi connectivity index (χ0v) is 18.7. The zero-order valence-electron chi connectivity index (χ0n) is 18.7. The Bertz CT molecular complexity index is 1010. The molecule has 1 heterocycles. The Labute approximate surface area is 187 Å². The van der Waals surface area contributed by atoms with Crippen molar-refractivity contribution in [2.45, 2.75) is 39.2 Å². The van der Waals surface area contributed by atoms with Crippen LogP contribution in [0.4, 0.5) is 14.5 Å². The van der Waals surface area contributed by atoms with Crippen molar-refractivity contribution in [2.24, 2.45) is 5.16 Å². The maximum Gasteiger partial charge on any atom is 0.282 e. The van der Waals surface area contributed by atoms with Crippen molar-refractivity contribution in [1.82, 2.24) is 5.32 Å². The molecule has 0 radical (unpaired) electrons. The first-order chi connectivity index (χ1) is 15.3. The second-order valence-corrected chi connectivity index (χ2v) is 7.86. The van der Waals surface area contributed by atoms with E-state index in [-0.39, 0.29) is 25.6 Å². The minimum atomic E-state index is -2.62. The highest BCUT2D eigenvalue weighted by atomic mass is 19.3. The molecule has 0 aliphatic carbocycles. The number of benzene rings is 2. The Morgan fingerprint density at radius 3 is 2.66 bits per heavy atom. The minimum Gasteiger partial charge on any atom is -0.391 e. The summed E-state index contributed by atoms with van der Waals surface area (Å²) < 4.78 is 26.4. The number of unbranched alkanes of at least 4 members (excludes halogenated alkanes) is 1. The Morgan fingerprint density at radius 1 is 1.22 bits per heavy atom. The summed E-state index contributed by atoms with van der Waals surface area (Å²) in [6, 6.07) is 14.9. The topological polar surface area (TPSA) is 53.9 Å². The number of carbonyl (C=O) groups excluding carboxylic acids is 1. The normalized spacial score (nSPS) is 15.8. The maximum atomic E-state index is 13.2. The van der Waals surface area contributed by atoms with Crippen LogP contribution >= 0.6 is 0 Å². The van der Waals surface area contributed by atoms with E-state index < -0.39 is 5.92 Å². The molecular weight excluding hydrogens is 412 g/mol. The summed E-state index contributed by atoms with van der Waals surface area (Å²) in [5.41, 5.74) is 4.47. The molecule has 1 amide bonds. The highest BCUT2D eigenvalue weighted by molar-refractivity contribution is 6.19. The number of likely N-dealkylation sites (N-methyl/N-ethyl adjacent to an activating group) is 1. The summed E-state index contributed by atoms with van der Waals surface area (Å²) in [5, 5.41) is 6.92. The largest absolute Gasteiger partial charge is 0.391 e. The quantitative estimate of drug-likeness (QED) is 0.338. The van der Waals surface area contributed by atoms with Crippen molar-refractivity contribution in [3.8, 4) is 0 Å². The molecule has 5 nitrogen and oxygen atoms in total. The Balaban J connectivity index is 1.72. The van der Waals surface area contributed by atoms with Gasteiger partial charge in [0.05, 0.1) is 18.8 Å². The van der Waals surface area contributed by atoms with Crippen LogP contribution in [0.25, 0.3) is 5.57 Å². The standard InChI is InChI=1S/C25H29F2N3O2/c1-4-5-12-23(24(31)28-3)22-13-7-6-9-20(22)15-32-29-18(2)19-10-8-11-21(14-19)30-16-25(26,27)17-30/h6-14H,4-5,15-17H2,1-3H3,(H,28,31)/b23-12-,29-18+. The predicted octanol–water partition coefficient (Wildman–Crippen LogP) is 5.01. The molecule has 0 unspecified atom stereocenters. The van der Waals surface area contributed by atoms with E-state index in [4.69, 9.17) is 4.84 Å². The summed E-state index contributed by atoms with van der Waals surface area (Å²) in [5.74, 6) is -2.76. The predicted molar refractivity (Wildman–Crippen MR) is 124 cm³/mol. The van der Waals surface area contributed by atoms with Gasteiger partial charge in [-0.3, -0.25) is 4.79 Å². The van der Waals surface area contributed by atoms with E-state index in [2.05, 4.69) is 17.4 Å². The molecule has 0 saturated carbocycles. The summed E-state index contributed by atoms with van der Waals surface area (Å²) in [4.78, 5) is 19.6. The summed E-state index contributed by atoms with van der Waals surface area (Å²) in [6.07, 6.45) is 3.68. The molecular formula is C25H29F2N3O2. The molecule has 7 heteroatoms. The number of amides is 1. The van der Waals surface area contributed by atoms with Gasteiger partial charge in [-0.1, -0.05) is 61.0 Å². The zero-order chi connectivity index (χ0) is 23.1. The van der Waals surface area contributed by atoms with Crippen LogP contribution in [-0.2, 0) is 16.2 Å². The number of halogens is 2. The lowest BCUT2D eigenvalue weighted by molar-refractivity contribution is -0.115. The highest BCUT2D eigenvalue weighted by Crippen LogP contribution is 2.32. The van der Waals surface area contributed by atoms with Crippen LogP contribution in [0.3, 0.4) is 0 Å². The average molecular weight is 442 g/mol. The number of anilines is 1. The van der Waals surface area contributed by atoms with Gasteiger partial charge in [-0.2, -0.15) is 0 Å². The number of rotatable bonds is 9. The van der Waals surface area contributed by atoms with Crippen molar-refractivity contribution in [1.29, 1.82) is 0 Å². The van der Waals surface area contributed by atoms with Crippen molar-refractivity contribution in [3.05, 3.63) is 71.3 Å². The number of nitrogens with zero attached hydrogens (tertiary/aromatic N) is 2. The first-order valence-electron chi connectivity index (χ1n) is 10.7. The van der Waals surface area contributed by atoms with Gasteiger partial charge < -0.3 is 15.1 Å². The number of allylic oxidation sites excluding steroid dienone is 1. The van der Waals surface area contributed by atoms with E-state index in [0.717, 1.165) is 35.2 Å². The molecule has 0 atom stereocenters.